The maximum atomic E-state index is 12.9. The molecule has 3 aromatic rings. The predicted octanol–water partition coefficient (Wildman–Crippen LogP) is 2.89. The fraction of sp³-hybridized carbons (Fsp3) is 0.348. The third-order valence-corrected chi connectivity index (χ3v) is 5.36. The third-order valence-electron chi connectivity index (χ3n) is 5.36. The molecule has 32 heavy (non-hydrogen) atoms. The van der Waals surface area contributed by atoms with Gasteiger partial charge in [0.25, 0.3) is 5.91 Å². The molecule has 0 aliphatic carbocycles. The number of carbonyl (C=O) groups is 1. The van der Waals surface area contributed by atoms with Crippen molar-refractivity contribution >= 4 is 29.3 Å². The highest BCUT2D eigenvalue weighted by Crippen LogP contribution is 2.20. The molecule has 4 rings (SSSR count). The highest BCUT2D eigenvalue weighted by atomic mass is 16.1. The molecule has 1 saturated heterocycles. The molecule has 1 amide bonds. The Kier molecular flexibility index (Phi) is 6.55. The minimum absolute atomic E-state index is 0.256. The summed E-state index contributed by atoms with van der Waals surface area (Å²) in [5, 5.41) is 6.06. The van der Waals surface area contributed by atoms with Gasteiger partial charge in [-0.1, -0.05) is 24.6 Å². The lowest BCUT2D eigenvalue weighted by Gasteiger charge is -2.32. The fourth-order valence-corrected chi connectivity index (χ4v) is 3.40. The van der Waals surface area contributed by atoms with Crippen molar-refractivity contribution in [3.05, 3.63) is 59.5 Å². The Balaban J connectivity index is 1.57. The highest BCUT2D eigenvalue weighted by molar-refractivity contribution is 6.07. The lowest BCUT2D eigenvalue weighted by atomic mass is 10.2. The number of hydrogen-bond acceptors (Lipinski definition) is 8. The Labute approximate surface area is 187 Å². The summed E-state index contributed by atoms with van der Waals surface area (Å²) in [4.78, 5) is 35.5. The largest absolute Gasteiger partial charge is 0.338 e. The number of benzene rings is 1. The second kappa shape index (κ2) is 9.69. The minimum atomic E-state index is -0.256. The fourth-order valence-electron chi connectivity index (χ4n) is 3.40. The molecular formula is C23H28N8O. The number of aromatic nitrogens is 4. The number of piperazine rings is 1. The number of hydrogen-bond donors (Lipinski definition) is 2. The van der Waals surface area contributed by atoms with Crippen LogP contribution in [-0.4, -0.2) is 64.0 Å². The van der Waals surface area contributed by atoms with Gasteiger partial charge in [0, 0.05) is 44.5 Å². The first kappa shape index (κ1) is 21.6. The van der Waals surface area contributed by atoms with Crippen LogP contribution in [0.1, 0.15) is 28.7 Å². The maximum Gasteiger partial charge on any atom is 0.259 e. The van der Waals surface area contributed by atoms with Crippen LogP contribution in [0, 0.1) is 6.92 Å². The molecule has 0 bridgehead atoms. The lowest BCUT2D eigenvalue weighted by molar-refractivity contribution is 0.102. The van der Waals surface area contributed by atoms with E-state index in [2.05, 4.69) is 47.4 Å². The second-order valence-corrected chi connectivity index (χ2v) is 7.86. The Morgan fingerprint density at radius 1 is 1.03 bits per heavy atom. The van der Waals surface area contributed by atoms with Crippen molar-refractivity contribution in [2.24, 2.45) is 0 Å². The minimum Gasteiger partial charge on any atom is -0.338 e. The molecule has 1 aromatic carbocycles. The van der Waals surface area contributed by atoms with Crippen molar-refractivity contribution in [2.75, 3.05) is 48.8 Å². The summed E-state index contributed by atoms with van der Waals surface area (Å²) < 4.78 is 0. The Hall–Kier alpha value is -3.59. The molecule has 1 aliphatic rings. The van der Waals surface area contributed by atoms with E-state index in [1.165, 1.54) is 0 Å². The molecule has 0 unspecified atom stereocenters. The summed E-state index contributed by atoms with van der Waals surface area (Å²) in [6.07, 6.45) is 2.31. The van der Waals surface area contributed by atoms with Gasteiger partial charge in [-0.2, -0.15) is 15.0 Å². The molecule has 3 heterocycles. The molecule has 9 nitrogen and oxygen atoms in total. The topological polar surface area (TPSA) is 99.2 Å². The predicted molar refractivity (Wildman–Crippen MR) is 126 cm³/mol. The molecule has 0 saturated carbocycles. The molecule has 9 heteroatoms. The molecule has 2 N–H and O–H groups in total. The van der Waals surface area contributed by atoms with Gasteiger partial charge in [-0.3, -0.25) is 4.79 Å². The average molecular weight is 433 g/mol. The van der Waals surface area contributed by atoms with E-state index >= 15 is 0 Å². The zero-order chi connectivity index (χ0) is 22.5. The van der Waals surface area contributed by atoms with Crippen LogP contribution in [0.2, 0.25) is 0 Å². The van der Waals surface area contributed by atoms with Crippen molar-refractivity contribution in [3.63, 3.8) is 0 Å². The van der Waals surface area contributed by atoms with Gasteiger partial charge in [-0.05, 0) is 38.2 Å². The number of carbonyl (C=O) groups excluding carboxylic acids is 1. The number of nitrogens with zero attached hydrogens (tertiary/aromatic N) is 6. The zero-order valence-corrected chi connectivity index (χ0v) is 18.7. The number of rotatable bonds is 6. The Morgan fingerprint density at radius 3 is 2.50 bits per heavy atom. The van der Waals surface area contributed by atoms with Crippen LogP contribution in [0.5, 0.6) is 0 Å². The van der Waals surface area contributed by atoms with Gasteiger partial charge in [0.15, 0.2) is 0 Å². The molecule has 0 spiro atoms. The number of likely N-dealkylation sites (N-methyl/N-ethyl adjacent to an activating group) is 1. The van der Waals surface area contributed by atoms with E-state index in [-0.39, 0.29) is 5.91 Å². The monoisotopic (exact) mass is 432 g/mol. The van der Waals surface area contributed by atoms with E-state index in [1.54, 1.807) is 18.3 Å². The van der Waals surface area contributed by atoms with Crippen LogP contribution in [-0.2, 0) is 6.42 Å². The number of nitrogens with one attached hydrogen (secondary N) is 2. The van der Waals surface area contributed by atoms with Crippen LogP contribution in [0.15, 0.2) is 42.6 Å². The van der Waals surface area contributed by atoms with Gasteiger partial charge >= 0.3 is 0 Å². The first-order valence-corrected chi connectivity index (χ1v) is 10.8. The van der Waals surface area contributed by atoms with E-state index in [0.717, 1.165) is 37.4 Å². The third kappa shape index (κ3) is 5.17. The number of anilines is 4. The van der Waals surface area contributed by atoms with E-state index in [1.807, 2.05) is 38.1 Å². The summed E-state index contributed by atoms with van der Waals surface area (Å²) in [6, 6.07) is 11.1. The molecular weight excluding hydrogens is 404 g/mol. The maximum absolute atomic E-state index is 12.9. The summed E-state index contributed by atoms with van der Waals surface area (Å²) >= 11 is 0. The molecule has 2 aromatic heterocycles. The molecule has 0 atom stereocenters. The number of aryl methyl sites for hydroxylation is 2. The normalized spacial score (nSPS) is 14.3. The van der Waals surface area contributed by atoms with Crippen molar-refractivity contribution in [3.8, 4) is 0 Å². The molecule has 1 aliphatic heterocycles. The lowest BCUT2D eigenvalue weighted by Crippen LogP contribution is -2.45. The first-order chi connectivity index (χ1) is 15.5. The highest BCUT2D eigenvalue weighted by Gasteiger charge is 2.19. The number of amides is 1. The average Bonchev–Trinajstić information content (AvgIpc) is 2.81. The van der Waals surface area contributed by atoms with Gasteiger partial charge in [-0.15, -0.1) is 0 Å². The summed E-state index contributed by atoms with van der Waals surface area (Å²) in [6.45, 7) is 7.64. The Morgan fingerprint density at radius 2 is 1.78 bits per heavy atom. The van der Waals surface area contributed by atoms with E-state index in [0.29, 0.717) is 35.5 Å². The van der Waals surface area contributed by atoms with E-state index < -0.39 is 0 Å². The van der Waals surface area contributed by atoms with Crippen molar-refractivity contribution < 1.29 is 4.79 Å². The Bertz CT molecular complexity index is 1080. The van der Waals surface area contributed by atoms with E-state index in [4.69, 9.17) is 0 Å². The summed E-state index contributed by atoms with van der Waals surface area (Å²) in [7, 11) is 2.11. The van der Waals surface area contributed by atoms with Crippen molar-refractivity contribution in [1.82, 2.24) is 24.8 Å². The van der Waals surface area contributed by atoms with E-state index in [9.17, 15) is 4.79 Å². The van der Waals surface area contributed by atoms with Gasteiger partial charge in [-0.25, -0.2) is 4.98 Å². The molecule has 166 valence electrons. The quantitative estimate of drug-likeness (QED) is 0.613. The van der Waals surface area contributed by atoms with Gasteiger partial charge in [0.1, 0.15) is 11.6 Å². The van der Waals surface area contributed by atoms with Crippen LogP contribution in [0.4, 0.5) is 23.4 Å². The van der Waals surface area contributed by atoms with Gasteiger partial charge in [0.05, 0.1) is 5.56 Å². The summed E-state index contributed by atoms with van der Waals surface area (Å²) in [5.74, 6) is 1.86. The summed E-state index contributed by atoms with van der Waals surface area (Å²) in [5.41, 5.74) is 2.26. The van der Waals surface area contributed by atoms with Crippen LogP contribution in [0.3, 0.4) is 0 Å². The van der Waals surface area contributed by atoms with Crippen molar-refractivity contribution in [1.29, 1.82) is 0 Å². The second-order valence-electron chi connectivity index (χ2n) is 7.86. The first-order valence-electron chi connectivity index (χ1n) is 10.8. The smallest absolute Gasteiger partial charge is 0.259 e. The zero-order valence-electron chi connectivity index (χ0n) is 18.7. The SMILES string of the molecule is CCc1nc(Nc2ncccc2C(=O)Nc2ccc(C)cc2)nc(N2CCN(C)CC2)n1. The van der Waals surface area contributed by atoms with Gasteiger partial charge in [0.2, 0.25) is 11.9 Å². The van der Waals surface area contributed by atoms with Crippen LogP contribution in [0.25, 0.3) is 0 Å². The standard InChI is InChI=1S/C23H28N8O/c1-4-19-26-22(29-23(27-19)31-14-12-30(3)13-15-31)28-20-18(6-5-11-24-20)21(32)25-17-9-7-16(2)8-10-17/h5-11H,4,12-15H2,1-3H3,(H,25,32)(H,24,26,27,28,29). The van der Waals surface area contributed by atoms with Crippen molar-refractivity contribution in [2.45, 2.75) is 20.3 Å². The molecule has 0 radical (unpaired) electrons. The van der Waals surface area contributed by atoms with Crippen LogP contribution >= 0.6 is 0 Å². The molecule has 1 fully saturated rings. The number of pyridine rings is 1. The van der Waals surface area contributed by atoms with Gasteiger partial charge < -0.3 is 20.4 Å². The van der Waals surface area contributed by atoms with Crippen LogP contribution < -0.4 is 15.5 Å².